The number of carboxylic acids is 1. The number of carbonyl (C=O) groups is 1. The quantitative estimate of drug-likeness (QED) is 0.873. The SMILES string of the molecule is Cc1csc(C(=O)O)c1S(=O)(=O)NCc1scnc1C. The second-order valence-corrected chi connectivity index (χ2v) is 7.59. The minimum absolute atomic E-state index is 0.104. The number of thiophene rings is 1. The molecule has 0 fully saturated rings. The van der Waals surface area contributed by atoms with Gasteiger partial charge >= 0.3 is 5.97 Å². The Morgan fingerprint density at radius 1 is 1.40 bits per heavy atom. The molecular weight excluding hydrogens is 320 g/mol. The third kappa shape index (κ3) is 2.90. The number of nitrogens with zero attached hydrogens (tertiary/aromatic N) is 1. The van der Waals surface area contributed by atoms with E-state index < -0.39 is 16.0 Å². The molecule has 0 aromatic carbocycles. The monoisotopic (exact) mass is 332 g/mol. The number of carboxylic acid groups (broad SMARTS) is 1. The maximum Gasteiger partial charge on any atom is 0.347 e. The van der Waals surface area contributed by atoms with E-state index >= 15 is 0 Å². The summed E-state index contributed by atoms with van der Waals surface area (Å²) >= 11 is 2.26. The van der Waals surface area contributed by atoms with E-state index in [0.29, 0.717) is 5.56 Å². The van der Waals surface area contributed by atoms with Crippen molar-refractivity contribution in [2.45, 2.75) is 25.3 Å². The first-order valence-electron chi connectivity index (χ1n) is 5.53. The fourth-order valence-electron chi connectivity index (χ4n) is 1.64. The third-order valence-corrected chi connectivity index (χ3v) is 6.39. The molecule has 20 heavy (non-hydrogen) atoms. The lowest BCUT2D eigenvalue weighted by Gasteiger charge is -2.07. The molecule has 2 aromatic rings. The maximum absolute atomic E-state index is 12.3. The van der Waals surface area contributed by atoms with Crippen molar-refractivity contribution in [3.05, 3.63) is 31.9 Å². The molecule has 0 aliphatic carbocycles. The van der Waals surface area contributed by atoms with Crippen LogP contribution in [0.2, 0.25) is 0 Å². The molecule has 0 aliphatic rings. The number of hydrogen-bond donors (Lipinski definition) is 2. The van der Waals surface area contributed by atoms with Crippen molar-refractivity contribution in [3.8, 4) is 0 Å². The van der Waals surface area contributed by atoms with Gasteiger partial charge in [-0.1, -0.05) is 0 Å². The molecule has 0 atom stereocenters. The predicted molar refractivity (Wildman–Crippen MR) is 76.9 cm³/mol. The molecule has 0 unspecified atom stereocenters. The molecule has 9 heteroatoms. The van der Waals surface area contributed by atoms with E-state index in [4.69, 9.17) is 5.11 Å². The van der Waals surface area contributed by atoms with Crippen LogP contribution >= 0.6 is 22.7 Å². The summed E-state index contributed by atoms with van der Waals surface area (Å²) in [5.74, 6) is -1.24. The number of aryl methyl sites for hydroxylation is 2. The average Bonchev–Trinajstić information content (AvgIpc) is 2.93. The van der Waals surface area contributed by atoms with E-state index in [1.165, 1.54) is 16.7 Å². The molecule has 2 aromatic heterocycles. The van der Waals surface area contributed by atoms with E-state index in [9.17, 15) is 13.2 Å². The highest BCUT2D eigenvalue weighted by Gasteiger charge is 2.26. The topological polar surface area (TPSA) is 96.4 Å². The van der Waals surface area contributed by atoms with Crippen LogP contribution in [0.4, 0.5) is 0 Å². The highest BCUT2D eigenvalue weighted by molar-refractivity contribution is 7.89. The first-order valence-corrected chi connectivity index (χ1v) is 8.77. The number of nitrogens with one attached hydrogen (secondary N) is 1. The van der Waals surface area contributed by atoms with Crippen LogP contribution in [0.25, 0.3) is 0 Å². The van der Waals surface area contributed by atoms with Crippen LogP contribution in [0, 0.1) is 13.8 Å². The lowest BCUT2D eigenvalue weighted by molar-refractivity contribution is 0.0698. The molecule has 0 aliphatic heterocycles. The minimum Gasteiger partial charge on any atom is -0.477 e. The number of thiazole rings is 1. The summed E-state index contributed by atoms with van der Waals surface area (Å²) in [4.78, 5) is 15.6. The Kier molecular flexibility index (Phi) is 4.23. The van der Waals surface area contributed by atoms with Gasteiger partial charge in [0.1, 0.15) is 9.77 Å². The fourth-order valence-corrected chi connectivity index (χ4v) is 5.07. The Bertz CT molecular complexity index is 746. The zero-order valence-electron chi connectivity index (χ0n) is 10.7. The van der Waals surface area contributed by atoms with Gasteiger partial charge in [-0.3, -0.25) is 0 Å². The largest absolute Gasteiger partial charge is 0.477 e. The van der Waals surface area contributed by atoms with E-state index in [1.54, 1.807) is 19.4 Å². The molecule has 0 saturated heterocycles. The predicted octanol–water partition coefficient (Wildman–Crippen LogP) is 2.00. The van der Waals surface area contributed by atoms with Crippen molar-refractivity contribution in [2.24, 2.45) is 0 Å². The number of aromatic carboxylic acids is 1. The van der Waals surface area contributed by atoms with E-state index in [2.05, 4.69) is 9.71 Å². The van der Waals surface area contributed by atoms with E-state index in [-0.39, 0.29) is 16.3 Å². The first-order chi connectivity index (χ1) is 9.33. The summed E-state index contributed by atoms with van der Waals surface area (Å²) in [5, 5.41) is 10.6. The van der Waals surface area contributed by atoms with Gasteiger partial charge in [-0.2, -0.15) is 0 Å². The molecule has 2 N–H and O–H groups in total. The van der Waals surface area contributed by atoms with Crippen LogP contribution in [0.5, 0.6) is 0 Å². The summed E-state index contributed by atoms with van der Waals surface area (Å²) in [6, 6.07) is 0. The van der Waals surface area contributed by atoms with Gasteiger partial charge in [0, 0.05) is 11.4 Å². The average molecular weight is 332 g/mol. The zero-order chi connectivity index (χ0) is 14.9. The molecule has 0 bridgehead atoms. The number of hydrogen-bond acceptors (Lipinski definition) is 6. The van der Waals surface area contributed by atoms with Gasteiger partial charge in [0.15, 0.2) is 0 Å². The Hall–Kier alpha value is -1.29. The number of sulfonamides is 1. The first kappa shape index (κ1) is 15.1. The molecule has 2 rings (SSSR count). The van der Waals surface area contributed by atoms with Gasteiger partial charge in [-0.25, -0.2) is 22.9 Å². The maximum atomic E-state index is 12.3. The lowest BCUT2D eigenvalue weighted by atomic mass is 10.3. The van der Waals surface area contributed by atoms with Crippen molar-refractivity contribution >= 4 is 38.7 Å². The van der Waals surface area contributed by atoms with Gasteiger partial charge in [0.05, 0.1) is 11.2 Å². The van der Waals surface area contributed by atoms with Crippen LogP contribution in [0.1, 0.15) is 25.8 Å². The zero-order valence-corrected chi connectivity index (χ0v) is 13.2. The van der Waals surface area contributed by atoms with Gasteiger partial charge in [-0.15, -0.1) is 22.7 Å². The Labute approximate surface area is 124 Å². The summed E-state index contributed by atoms with van der Waals surface area (Å²) in [7, 11) is -3.86. The molecular formula is C11H12N2O4S3. The Morgan fingerprint density at radius 2 is 2.10 bits per heavy atom. The van der Waals surface area contributed by atoms with Crippen LogP contribution in [0.3, 0.4) is 0 Å². The van der Waals surface area contributed by atoms with Crippen LogP contribution in [-0.2, 0) is 16.6 Å². The lowest BCUT2D eigenvalue weighted by Crippen LogP contribution is -2.25. The molecule has 0 radical (unpaired) electrons. The molecule has 0 spiro atoms. The summed E-state index contributed by atoms with van der Waals surface area (Å²) in [5.41, 5.74) is 2.83. The van der Waals surface area contributed by atoms with Crippen LogP contribution in [0.15, 0.2) is 15.8 Å². The molecule has 0 amide bonds. The molecule has 0 saturated carbocycles. The van der Waals surface area contributed by atoms with Crippen molar-refractivity contribution in [3.63, 3.8) is 0 Å². The Balaban J connectivity index is 2.29. The number of aromatic nitrogens is 1. The fraction of sp³-hybridized carbons (Fsp3) is 0.273. The van der Waals surface area contributed by atoms with Gasteiger partial charge < -0.3 is 5.11 Å². The summed E-state index contributed by atoms with van der Waals surface area (Å²) in [6.07, 6.45) is 0. The van der Waals surface area contributed by atoms with Crippen molar-refractivity contribution < 1.29 is 18.3 Å². The van der Waals surface area contributed by atoms with Crippen LogP contribution < -0.4 is 4.72 Å². The molecule has 108 valence electrons. The van der Waals surface area contributed by atoms with E-state index in [1.807, 2.05) is 0 Å². The smallest absolute Gasteiger partial charge is 0.347 e. The van der Waals surface area contributed by atoms with Crippen molar-refractivity contribution in [2.75, 3.05) is 0 Å². The van der Waals surface area contributed by atoms with Crippen LogP contribution in [-0.4, -0.2) is 24.5 Å². The third-order valence-electron chi connectivity index (χ3n) is 2.65. The van der Waals surface area contributed by atoms with Gasteiger partial charge in [0.25, 0.3) is 0 Å². The second-order valence-electron chi connectivity index (χ2n) is 4.07. The number of rotatable bonds is 5. The molecule has 2 heterocycles. The molecule has 6 nitrogen and oxygen atoms in total. The van der Waals surface area contributed by atoms with Crippen molar-refractivity contribution in [1.29, 1.82) is 0 Å². The normalized spacial score (nSPS) is 11.7. The standard InChI is InChI=1S/C11H12N2O4S3/c1-6-4-18-9(11(14)15)10(6)20(16,17)13-3-8-7(2)12-5-19-8/h4-5,13H,3H2,1-2H3,(H,14,15). The minimum atomic E-state index is -3.86. The second kappa shape index (κ2) is 5.60. The van der Waals surface area contributed by atoms with Gasteiger partial charge in [-0.05, 0) is 24.8 Å². The van der Waals surface area contributed by atoms with Crippen molar-refractivity contribution in [1.82, 2.24) is 9.71 Å². The van der Waals surface area contributed by atoms with Gasteiger partial charge in [0.2, 0.25) is 10.0 Å². The van der Waals surface area contributed by atoms with E-state index in [0.717, 1.165) is 21.9 Å². The Morgan fingerprint density at radius 3 is 2.65 bits per heavy atom. The summed E-state index contributed by atoms with van der Waals surface area (Å²) in [6.45, 7) is 3.47. The highest BCUT2D eigenvalue weighted by Crippen LogP contribution is 2.27. The summed E-state index contributed by atoms with van der Waals surface area (Å²) < 4.78 is 27.0. The highest BCUT2D eigenvalue weighted by atomic mass is 32.2.